The van der Waals surface area contributed by atoms with Gasteiger partial charge in [-0.1, -0.05) is 0 Å². The molecule has 21 heavy (non-hydrogen) atoms. The van der Waals surface area contributed by atoms with Crippen molar-refractivity contribution in [3.8, 4) is 0 Å². The fraction of sp³-hybridized carbons (Fsp3) is 0.667. The van der Waals surface area contributed by atoms with Gasteiger partial charge in [-0.3, -0.25) is 14.8 Å². The molecular formula is C15H26N6. The quantitative estimate of drug-likeness (QED) is 0.575. The molecule has 2 N–H and O–H groups in total. The summed E-state index contributed by atoms with van der Waals surface area (Å²) in [6.07, 6.45) is 4.16. The number of hydrogen-bond acceptors (Lipinski definition) is 3. The predicted octanol–water partition coefficient (Wildman–Crippen LogP) is -0.347. The highest BCUT2D eigenvalue weighted by Gasteiger charge is 2.31. The van der Waals surface area contributed by atoms with Crippen LogP contribution in [0.5, 0.6) is 0 Å². The van der Waals surface area contributed by atoms with Gasteiger partial charge in [0, 0.05) is 77.8 Å². The zero-order valence-corrected chi connectivity index (χ0v) is 12.8. The van der Waals surface area contributed by atoms with Crippen molar-refractivity contribution in [2.75, 3.05) is 52.9 Å². The minimum absolute atomic E-state index is 0.621. The summed E-state index contributed by atoms with van der Waals surface area (Å²) >= 11 is 0. The Morgan fingerprint density at radius 2 is 1.90 bits per heavy atom. The van der Waals surface area contributed by atoms with Crippen molar-refractivity contribution in [1.82, 2.24) is 25.0 Å². The van der Waals surface area contributed by atoms with Crippen molar-refractivity contribution >= 4 is 5.96 Å². The molecule has 6 nitrogen and oxygen atoms in total. The molecule has 3 aliphatic heterocycles. The van der Waals surface area contributed by atoms with Gasteiger partial charge in [0.2, 0.25) is 0 Å². The van der Waals surface area contributed by atoms with Crippen molar-refractivity contribution in [3.05, 3.63) is 24.5 Å². The standard InChI is InChI=1S/C15H26N6/c1-16-15(17-4-7-19-5-2-3-6-19)18-12-14-13-20-8-10-21(14)11-9-20/h2-3,5-6,14H,4,7-13H2,1H3,(H2,16,17,18). The highest BCUT2D eigenvalue weighted by molar-refractivity contribution is 5.79. The van der Waals surface area contributed by atoms with E-state index in [1.54, 1.807) is 0 Å². The van der Waals surface area contributed by atoms with Gasteiger partial charge in [-0.15, -0.1) is 0 Å². The number of aliphatic imine (C=N–C) groups is 1. The van der Waals surface area contributed by atoms with E-state index in [2.05, 4.69) is 54.5 Å². The molecule has 0 aromatic carbocycles. The van der Waals surface area contributed by atoms with Gasteiger partial charge in [-0.2, -0.15) is 0 Å². The highest BCUT2D eigenvalue weighted by atomic mass is 15.4. The minimum atomic E-state index is 0.621. The van der Waals surface area contributed by atoms with Crippen LogP contribution in [-0.2, 0) is 6.54 Å². The number of guanidine groups is 1. The van der Waals surface area contributed by atoms with Crippen LogP contribution in [0.1, 0.15) is 0 Å². The molecule has 3 aliphatic rings. The number of piperazine rings is 3. The Balaban J connectivity index is 1.38. The van der Waals surface area contributed by atoms with Crippen LogP contribution in [0, 0.1) is 0 Å². The Bertz CT molecular complexity index is 447. The van der Waals surface area contributed by atoms with Crippen molar-refractivity contribution in [1.29, 1.82) is 0 Å². The number of nitrogens with one attached hydrogen (secondary N) is 2. The minimum Gasteiger partial charge on any atom is -0.355 e. The Labute approximate surface area is 126 Å². The van der Waals surface area contributed by atoms with Crippen LogP contribution in [0.25, 0.3) is 0 Å². The zero-order valence-electron chi connectivity index (χ0n) is 12.8. The van der Waals surface area contributed by atoms with Crippen LogP contribution in [0.4, 0.5) is 0 Å². The van der Waals surface area contributed by atoms with Gasteiger partial charge >= 0.3 is 0 Å². The van der Waals surface area contributed by atoms with E-state index in [4.69, 9.17) is 0 Å². The van der Waals surface area contributed by atoms with Crippen molar-refractivity contribution in [3.63, 3.8) is 0 Å². The van der Waals surface area contributed by atoms with E-state index in [0.717, 1.165) is 25.6 Å². The second kappa shape index (κ2) is 6.95. The van der Waals surface area contributed by atoms with Crippen molar-refractivity contribution < 1.29 is 0 Å². The molecule has 1 unspecified atom stereocenters. The lowest BCUT2D eigenvalue weighted by Gasteiger charge is -2.47. The highest BCUT2D eigenvalue weighted by Crippen LogP contribution is 2.14. The lowest BCUT2D eigenvalue weighted by Crippen LogP contribution is -2.63. The third-order valence-electron chi connectivity index (χ3n) is 4.45. The first-order chi connectivity index (χ1) is 10.3. The summed E-state index contributed by atoms with van der Waals surface area (Å²) < 4.78 is 2.17. The molecule has 3 saturated heterocycles. The van der Waals surface area contributed by atoms with Gasteiger partial charge in [0.1, 0.15) is 0 Å². The zero-order chi connectivity index (χ0) is 14.5. The number of fused-ring (bicyclic) bond motifs is 3. The lowest BCUT2D eigenvalue weighted by atomic mass is 10.1. The Morgan fingerprint density at radius 1 is 1.14 bits per heavy atom. The average Bonchev–Trinajstić information content (AvgIpc) is 3.05. The van der Waals surface area contributed by atoms with Crippen LogP contribution < -0.4 is 10.6 Å². The second-order valence-corrected chi connectivity index (χ2v) is 5.79. The van der Waals surface area contributed by atoms with E-state index in [1.165, 1.54) is 32.7 Å². The third kappa shape index (κ3) is 3.77. The van der Waals surface area contributed by atoms with Crippen molar-refractivity contribution in [2.24, 2.45) is 4.99 Å². The number of rotatable bonds is 5. The molecule has 3 fully saturated rings. The summed E-state index contributed by atoms with van der Waals surface area (Å²) in [5, 5.41) is 6.84. The number of nitrogens with zero attached hydrogens (tertiary/aromatic N) is 4. The Hall–Kier alpha value is -1.53. The van der Waals surface area contributed by atoms with E-state index in [0.29, 0.717) is 6.04 Å². The molecule has 0 spiro atoms. The van der Waals surface area contributed by atoms with Crippen LogP contribution in [0.3, 0.4) is 0 Å². The first-order valence-corrected chi connectivity index (χ1v) is 7.87. The molecular weight excluding hydrogens is 264 g/mol. The fourth-order valence-electron chi connectivity index (χ4n) is 3.18. The van der Waals surface area contributed by atoms with Gasteiger partial charge in [-0.05, 0) is 12.1 Å². The first kappa shape index (κ1) is 14.4. The van der Waals surface area contributed by atoms with E-state index in [1.807, 2.05) is 7.05 Å². The van der Waals surface area contributed by atoms with Crippen LogP contribution >= 0.6 is 0 Å². The van der Waals surface area contributed by atoms with Crippen LogP contribution in [0.15, 0.2) is 29.5 Å². The lowest BCUT2D eigenvalue weighted by molar-refractivity contribution is 0.0154. The van der Waals surface area contributed by atoms with E-state index >= 15 is 0 Å². The molecule has 0 aliphatic carbocycles. The maximum Gasteiger partial charge on any atom is 0.191 e. The smallest absolute Gasteiger partial charge is 0.191 e. The van der Waals surface area contributed by atoms with Gasteiger partial charge in [0.25, 0.3) is 0 Å². The topological polar surface area (TPSA) is 47.8 Å². The van der Waals surface area contributed by atoms with Gasteiger partial charge < -0.3 is 15.2 Å². The maximum absolute atomic E-state index is 4.31. The van der Waals surface area contributed by atoms with E-state index in [9.17, 15) is 0 Å². The summed E-state index contributed by atoms with van der Waals surface area (Å²) in [5.74, 6) is 0.903. The molecule has 1 aromatic heterocycles. The summed E-state index contributed by atoms with van der Waals surface area (Å²) in [7, 11) is 1.84. The second-order valence-electron chi connectivity index (χ2n) is 5.79. The van der Waals surface area contributed by atoms with Gasteiger partial charge in [-0.25, -0.2) is 0 Å². The van der Waals surface area contributed by atoms with Crippen LogP contribution in [-0.4, -0.2) is 79.2 Å². The molecule has 1 aromatic rings. The van der Waals surface area contributed by atoms with Gasteiger partial charge in [0.15, 0.2) is 5.96 Å². The SMILES string of the molecule is CN=C(NCCn1cccc1)NCC1CN2CCN1CC2. The number of aromatic nitrogens is 1. The Kier molecular flexibility index (Phi) is 4.77. The molecule has 4 rings (SSSR count). The molecule has 0 amide bonds. The Morgan fingerprint density at radius 3 is 2.52 bits per heavy atom. The normalized spacial score (nSPS) is 28.6. The fourth-order valence-corrected chi connectivity index (χ4v) is 3.18. The summed E-state index contributed by atoms with van der Waals surface area (Å²) in [5.41, 5.74) is 0. The molecule has 6 heteroatoms. The average molecular weight is 290 g/mol. The summed E-state index contributed by atoms with van der Waals surface area (Å²) in [4.78, 5) is 9.47. The van der Waals surface area contributed by atoms with Gasteiger partial charge in [0.05, 0.1) is 0 Å². The first-order valence-electron chi connectivity index (χ1n) is 7.87. The maximum atomic E-state index is 4.31. The summed E-state index contributed by atoms with van der Waals surface area (Å²) in [6.45, 7) is 8.90. The number of hydrogen-bond donors (Lipinski definition) is 2. The molecule has 1 atom stereocenters. The molecule has 0 saturated carbocycles. The van der Waals surface area contributed by atoms with E-state index < -0.39 is 0 Å². The largest absolute Gasteiger partial charge is 0.355 e. The van der Waals surface area contributed by atoms with Crippen molar-refractivity contribution in [2.45, 2.75) is 12.6 Å². The third-order valence-corrected chi connectivity index (χ3v) is 4.45. The monoisotopic (exact) mass is 290 g/mol. The summed E-state index contributed by atoms with van der Waals surface area (Å²) in [6, 6.07) is 4.72. The molecule has 4 heterocycles. The predicted molar refractivity (Wildman–Crippen MR) is 85.6 cm³/mol. The van der Waals surface area contributed by atoms with E-state index in [-0.39, 0.29) is 0 Å². The molecule has 0 radical (unpaired) electrons. The van der Waals surface area contributed by atoms with Crippen LogP contribution in [0.2, 0.25) is 0 Å². The molecule has 2 bridgehead atoms. The molecule has 116 valence electrons.